The van der Waals surface area contributed by atoms with Gasteiger partial charge in [0.2, 0.25) is 21.8 Å². The standard InChI is InChI=1S/C24H36N4O4S/c29-23(27-17-15-25(16-18-27)20-24(30)26-11-3-1-4-12-26)19-21-7-9-22(10-8-21)33(31,32)28-13-5-2-6-14-28/h7-10H,1-6,11-20H2. The fourth-order valence-corrected chi connectivity index (χ4v) is 6.43. The lowest BCUT2D eigenvalue weighted by atomic mass is 10.1. The summed E-state index contributed by atoms with van der Waals surface area (Å²) >= 11 is 0. The van der Waals surface area contributed by atoms with Crippen molar-refractivity contribution in [3.05, 3.63) is 29.8 Å². The Balaban J connectivity index is 1.24. The van der Waals surface area contributed by atoms with Gasteiger partial charge >= 0.3 is 0 Å². The molecule has 1 aromatic carbocycles. The number of hydrogen-bond acceptors (Lipinski definition) is 5. The summed E-state index contributed by atoms with van der Waals surface area (Å²) in [7, 11) is -3.45. The molecule has 0 N–H and O–H groups in total. The van der Waals surface area contributed by atoms with Gasteiger partial charge in [0, 0.05) is 52.4 Å². The molecule has 9 heteroatoms. The predicted molar refractivity (Wildman–Crippen MR) is 126 cm³/mol. The molecule has 3 saturated heterocycles. The van der Waals surface area contributed by atoms with Crippen LogP contribution >= 0.6 is 0 Å². The van der Waals surface area contributed by atoms with Crippen LogP contribution in [0.3, 0.4) is 0 Å². The van der Waals surface area contributed by atoms with E-state index in [2.05, 4.69) is 4.90 Å². The summed E-state index contributed by atoms with van der Waals surface area (Å²) < 4.78 is 27.2. The third kappa shape index (κ3) is 6.13. The van der Waals surface area contributed by atoms with E-state index >= 15 is 0 Å². The summed E-state index contributed by atoms with van der Waals surface area (Å²) in [5.74, 6) is 0.248. The maximum Gasteiger partial charge on any atom is 0.243 e. The Morgan fingerprint density at radius 2 is 1.21 bits per heavy atom. The highest BCUT2D eigenvalue weighted by molar-refractivity contribution is 7.89. The molecule has 0 atom stereocenters. The quantitative estimate of drug-likeness (QED) is 0.623. The number of carbonyl (C=O) groups is 2. The minimum atomic E-state index is -3.45. The van der Waals surface area contributed by atoms with Crippen LogP contribution < -0.4 is 0 Å². The van der Waals surface area contributed by atoms with Gasteiger partial charge in [-0.2, -0.15) is 4.31 Å². The van der Waals surface area contributed by atoms with E-state index in [9.17, 15) is 18.0 Å². The van der Waals surface area contributed by atoms with E-state index in [1.54, 1.807) is 28.6 Å². The smallest absolute Gasteiger partial charge is 0.243 e. The molecule has 0 aliphatic carbocycles. The second-order valence-corrected chi connectivity index (χ2v) is 11.3. The molecular weight excluding hydrogens is 440 g/mol. The van der Waals surface area contributed by atoms with Gasteiger partial charge in [-0.15, -0.1) is 0 Å². The summed E-state index contributed by atoms with van der Waals surface area (Å²) in [6, 6.07) is 6.75. The molecule has 2 amide bonds. The zero-order chi connectivity index (χ0) is 23.3. The Kier molecular flexibility index (Phi) is 8.03. The third-order valence-corrected chi connectivity index (χ3v) is 8.94. The second-order valence-electron chi connectivity index (χ2n) is 9.38. The number of benzene rings is 1. The van der Waals surface area contributed by atoms with E-state index in [-0.39, 0.29) is 18.2 Å². The zero-order valence-electron chi connectivity index (χ0n) is 19.5. The van der Waals surface area contributed by atoms with Crippen LogP contribution in [0.1, 0.15) is 44.1 Å². The molecule has 33 heavy (non-hydrogen) atoms. The number of sulfonamides is 1. The highest BCUT2D eigenvalue weighted by Crippen LogP contribution is 2.21. The Bertz CT molecular complexity index is 914. The average molecular weight is 477 g/mol. The number of likely N-dealkylation sites (tertiary alicyclic amines) is 1. The van der Waals surface area contributed by atoms with Crippen LogP contribution in [0.15, 0.2) is 29.2 Å². The van der Waals surface area contributed by atoms with Crippen molar-refractivity contribution in [2.75, 3.05) is 58.9 Å². The summed E-state index contributed by atoms with van der Waals surface area (Å²) in [5, 5.41) is 0. The van der Waals surface area contributed by atoms with Gasteiger partial charge in [-0.05, 0) is 49.8 Å². The van der Waals surface area contributed by atoms with Crippen molar-refractivity contribution in [1.29, 1.82) is 0 Å². The molecule has 3 heterocycles. The van der Waals surface area contributed by atoms with Crippen molar-refractivity contribution < 1.29 is 18.0 Å². The Hall–Kier alpha value is -1.97. The summed E-state index contributed by atoms with van der Waals surface area (Å²) in [6.45, 7) is 5.99. The molecule has 3 aliphatic rings. The van der Waals surface area contributed by atoms with Crippen molar-refractivity contribution in [1.82, 2.24) is 19.0 Å². The number of rotatable bonds is 6. The van der Waals surface area contributed by atoms with E-state index in [0.29, 0.717) is 50.7 Å². The van der Waals surface area contributed by atoms with Crippen LogP contribution in [-0.4, -0.2) is 98.1 Å². The van der Waals surface area contributed by atoms with Crippen molar-refractivity contribution in [2.24, 2.45) is 0 Å². The number of carbonyl (C=O) groups excluding carboxylic acids is 2. The van der Waals surface area contributed by atoms with Crippen LogP contribution in [0.5, 0.6) is 0 Å². The van der Waals surface area contributed by atoms with E-state index in [1.165, 1.54) is 6.42 Å². The summed E-state index contributed by atoms with van der Waals surface area (Å²) in [6.07, 6.45) is 6.56. The van der Waals surface area contributed by atoms with Crippen LogP contribution in [0, 0.1) is 0 Å². The minimum Gasteiger partial charge on any atom is -0.342 e. The predicted octanol–water partition coefficient (Wildman–Crippen LogP) is 1.56. The molecule has 4 rings (SSSR count). The fraction of sp³-hybridized carbons (Fsp3) is 0.667. The first-order chi connectivity index (χ1) is 15.9. The fourth-order valence-electron chi connectivity index (χ4n) is 4.91. The zero-order valence-corrected chi connectivity index (χ0v) is 20.3. The Labute approximate surface area is 197 Å². The highest BCUT2D eigenvalue weighted by Gasteiger charge is 2.27. The molecule has 0 unspecified atom stereocenters. The number of nitrogens with zero attached hydrogens (tertiary/aromatic N) is 4. The van der Waals surface area contributed by atoms with Crippen LogP contribution in [0.2, 0.25) is 0 Å². The Morgan fingerprint density at radius 3 is 1.82 bits per heavy atom. The largest absolute Gasteiger partial charge is 0.342 e. The molecule has 0 radical (unpaired) electrons. The lowest BCUT2D eigenvalue weighted by Crippen LogP contribution is -2.52. The topological polar surface area (TPSA) is 81.2 Å². The van der Waals surface area contributed by atoms with Crippen molar-refractivity contribution >= 4 is 21.8 Å². The van der Waals surface area contributed by atoms with Gasteiger partial charge in [-0.1, -0.05) is 18.6 Å². The van der Waals surface area contributed by atoms with Gasteiger partial charge in [-0.3, -0.25) is 14.5 Å². The molecule has 8 nitrogen and oxygen atoms in total. The first-order valence-corrected chi connectivity index (χ1v) is 13.7. The first-order valence-electron chi connectivity index (χ1n) is 12.3. The first kappa shape index (κ1) is 24.2. The lowest BCUT2D eigenvalue weighted by Gasteiger charge is -2.36. The van der Waals surface area contributed by atoms with Crippen molar-refractivity contribution in [3.8, 4) is 0 Å². The number of piperazine rings is 1. The van der Waals surface area contributed by atoms with E-state index in [4.69, 9.17) is 0 Å². The lowest BCUT2D eigenvalue weighted by molar-refractivity contribution is -0.135. The van der Waals surface area contributed by atoms with E-state index in [0.717, 1.165) is 50.8 Å². The minimum absolute atomic E-state index is 0.0450. The maximum atomic E-state index is 12.8. The van der Waals surface area contributed by atoms with Crippen molar-refractivity contribution in [2.45, 2.75) is 49.8 Å². The highest BCUT2D eigenvalue weighted by atomic mass is 32.2. The molecule has 0 bridgehead atoms. The maximum absolute atomic E-state index is 12.8. The Morgan fingerprint density at radius 1 is 0.667 bits per heavy atom. The molecule has 0 aromatic heterocycles. The normalized spacial score (nSPS) is 21.2. The second kappa shape index (κ2) is 11.0. The van der Waals surface area contributed by atoms with Gasteiger partial charge in [0.15, 0.2) is 0 Å². The van der Waals surface area contributed by atoms with Gasteiger partial charge in [0.05, 0.1) is 17.9 Å². The monoisotopic (exact) mass is 476 g/mol. The van der Waals surface area contributed by atoms with E-state index in [1.807, 2.05) is 9.80 Å². The molecular formula is C24H36N4O4S. The molecule has 0 saturated carbocycles. The third-order valence-electron chi connectivity index (χ3n) is 7.02. The SMILES string of the molecule is O=C(Cc1ccc(S(=O)(=O)N2CCCCC2)cc1)N1CCN(CC(=O)N2CCCCC2)CC1. The van der Waals surface area contributed by atoms with Gasteiger partial charge in [0.25, 0.3) is 0 Å². The van der Waals surface area contributed by atoms with Gasteiger partial charge < -0.3 is 9.80 Å². The molecule has 3 fully saturated rings. The van der Waals surface area contributed by atoms with E-state index < -0.39 is 10.0 Å². The summed E-state index contributed by atoms with van der Waals surface area (Å²) in [5.41, 5.74) is 0.820. The molecule has 3 aliphatic heterocycles. The molecule has 0 spiro atoms. The van der Waals surface area contributed by atoms with Gasteiger partial charge in [-0.25, -0.2) is 8.42 Å². The number of piperidine rings is 2. The number of amides is 2. The molecule has 1 aromatic rings. The summed E-state index contributed by atoms with van der Waals surface area (Å²) in [4.78, 5) is 31.5. The van der Waals surface area contributed by atoms with Crippen molar-refractivity contribution in [3.63, 3.8) is 0 Å². The van der Waals surface area contributed by atoms with Crippen LogP contribution in [0.25, 0.3) is 0 Å². The number of hydrogen-bond donors (Lipinski definition) is 0. The molecule has 182 valence electrons. The van der Waals surface area contributed by atoms with Crippen LogP contribution in [0.4, 0.5) is 0 Å². The van der Waals surface area contributed by atoms with Gasteiger partial charge in [0.1, 0.15) is 0 Å². The average Bonchev–Trinajstić information content (AvgIpc) is 2.86. The van der Waals surface area contributed by atoms with Crippen LogP contribution in [-0.2, 0) is 26.0 Å².